The number of hydrogen-bond acceptors (Lipinski definition) is 2. The van der Waals surface area contributed by atoms with Gasteiger partial charge in [0.25, 0.3) is 0 Å². The topological polar surface area (TPSA) is 71.8 Å². The molecule has 3 N–H and O–H groups in total. The molecule has 4 heteroatoms. The molecule has 0 saturated carbocycles. The maximum absolute atomic E-state index is 10.9. The van der Waals surface area contributed by atoms with Crippen LogP contribution in [0.3, 0.4) is 0 Å². The van der Waals surface area contributed by atoms with Crippen molar-refractivity contribution in [2.24, 2.45) is 5.73 Å². The molecule has 0 atom stereocenters. The van der Waals surface area contributed by atoms with Crippen molar-refractivity contribution in [2.75, 3.05) is 0 Å². The van der Waals surface area contributed by atoms with Gasteiger partial charge >= 0.3 is 0 Å². The molecular weight excluding hydrogens is 178 g/mol. The van der Waals surface area contributed by atoms with Crippen molar-refractivity contribution >= 4 is 5.91 Å². The van der Waals surface area contributed by atoms with Crippen molar-refractivity contribution < 1.29 is 4.79 Å². The van der Waals surface area contributed by atoms with Gasteiger partial charge in [0.05, 0.1) is 6.20 Å². The minimum atomic E-state index is -0.452. The number of hydrogen-bond donors (Lipinski definition) is 2. The van der Waals surface area contributed by atoms with Crippen LogP contribution in [0.15, 0.2) is 30.6 Å². The molecule has 1 aromatic heterocycles. The van der Waals surface area contributed by atoms with Gasteiger partial charge in [-0.3, -0.25) is 9.89 Å². The quantitative estimate of drug-likeness (QED) is 0.733. The lowest BCUT2D eigenvalue weighted by Gasteiger charge is -1.98. The van der Waals surface area contributed by atoms with Crippen LogP contribution < -0.4 is 5.73 Å². The van der Waals surface area contributed by atoms with E-state index in [-0.39, 0.29) is 0 Å². The highest BCUT2D eigenvalue weighted by molar-refractivity contribution is 5.94. The Hall–Kier alpha value is -2.10. The first-order chi connectivity index (χ1) is 6.77. The van der Waals surface area contributed by atoms with Crippen LogP contribution in [0.2, 0.25) is 0 Å². The van der Waals surface area contributed by atoms with Crippen molar-refractivity contribution in [3.05, 3.63) is 42.2 Å². The van der Waals surface area contributed by atoms with Crippen molar-refractivity contribution in [1.29, 1.82) is 0 Å². The first kappa shape index (κ1) is 8.50. The maximum Gasteiger partial charge on any atom is 0.248 e. The Balaban J connectivity index is 2.46. The van der Waals surface area contributed by atoms with Crippen LogP contribution in [0.25, 0.3) is 11.1 Å². The van der Waals surface area contributed by atoms with Crippen molar-refractivity contribution in [3.63, 3.8) is 0 Å². The fraction of sp³-hybridized carbons (Fsp3) is 0. The molecule has 0 aliphatic carbocycles. The first-order valence-corrected chi connectivity index (χ1v) is 4.07. The van der Waals surface area contributed by atoms with Gasteiger partial charge in [-0.2, -0.15) is 5.10 Å². The van der Waals surface area contributed by atoms with Crippen LogP contribution >= 0.6 is 0 Å². The van der Waals surface area contributed by atoms with Gasteiger partial charge in [-0.05, 0) is 29.8 Å². The molecule has 0 bridgehead atoms. The number of nitrogens with two attached hydrogens (primary N) is 1. The Kier molecular flexibility index (Phi) is 2.02. The normalized spacial score (nSPS) is 10.0. The molecule has 2 aromatic rings. The lowest BCUT2D eigenvalue weighted by atomic mass is 10.1. The molecule has 1 heterocycles. The van der Waals surface area contributed by atoms with Gasteiger partial charge in [0, 0.05) is 17.3 Å². The summed E-state index contributed by atoms with van der Waals surface area (Å²) in [5, 5.41) is 6.51. The second-order valence-electron chi connectivity index (χ2n) is 2.86. The predicted molar refractivity (Wildman–Crippen MR) is 51.4 cm³/mol. The Morgan fingerprint density at radius 1 is 1.43 bits per heavy atom. The number of aromatic nitrogens is 2. The molecule has 69 valence electrons. The predicted octanol–water partition coefficient (Wildman–Crippen LogP) is 0.976. The maximum atomic E-state index is 10.9. The van der Waals surface area contributed by atoms with Crippen LogP contribution in [0, 0.1) is 6.07 Å². The summed E-state index contributed by atoms with van der Waals surface area (Å²) in [6.45, 7) is 0. The second-order valence-corrected chi connectivity index (χ2v) is 2.86. The molecular formula is C10H8N3O. The Labute approximate surface area is 80.8 Å². The van der Waals surface area contributed by atoms with E-state index in [1.807, 2.05) is 0 Å². The van der Waals surface area contributed by atoms with E-state index in [2.05, 4.69) is 16.3 Å². The van der Waals surface area contributed by atoms with E-state index < -0.39 is 5.91 Å². The average Bonchev–Trinajstić information content (AvgIpc) is 2.71. The Bertz CT molecular complexity index is 448. The molecule has 1 aromatic carbocycles. The number of H-pyrrole nitrogens is 1. The number of benzene rings is 1. The molecule has 1 radical (unpaired) electrons. The summed E-state index contributed by atoms with van der Waals surface area (Å²) in [4.78, 5) is 10.9. The van der Waals surface area contributed by atoms with Crippen molar-refractivity contribution in [2.45, 2.75) is 0 Å². The first-order valence-electron chi connectivity index (χ1n) is 4.07. The van der Waals surface area contributed by atoms with Gasteiger partial charge in [-0.1, -0.05) is 0 Å². The van der Waals surface area contributed by atoms with E-state index in [9.17, 15) is 4.79 Å². The lowest BCUT2D eigenvalue weighted by Crippen LogP contribution is -2.10. The Morgan fingerprint density at radius 3 is 2.93 bits per heavy atom. The van der Waals surface area contributed by atoms with Crippen LogP contribution in [0.4, 0.5) is 0 Å². The molecule has 14 heavy (non-hydrogen) atoms. The smallest absolute Gasteiger partial charge is 0.248 e. The molecule has 0 aliphatic rings. The average molecular weight is 186 g/mol. The zero-order valence-electron chi connectivity index (χ0n) is 7.32. The van der Waals surface area contributed by atoms with Gasteiger partial charge in [-0.25, -0.2) is 0 Å². The third-order valence-corrected chi connectivity index (χ3v) is 1.90. The van der Waals surface area contributed by atoms with Crippen LogP contribution in [0.1, 0.15) is 10.4 Å². The highest BCUT2D eigenvalue weighted by atomic mass is 16.1. The van der Waals surface area contributed by atoms with Crippen molar-refractivity contribution in [3.8, 4) is 11.1 Å². The molecule has 0 unspecified atom stereocenters. The van der Waals surface area contributed by atoms with Gasteiger partial charge in [0.1, 0.15) is 0 Å². The molecule has 2 rings (SSSR count). The van der Waals surface area contributed by atoms with Gasteiger partial charge in [-0.15, -0.1) is 0 Å². The third-order valence-electron chi connectivity index (χ3n) is 1.90. The van der Waals surface area contributed by atoms with E-state index in [0.717, 1.165) is 11.1 Å². The summed E-state index contributed by atoms with van der Waals surface area (Å²) in [7, 11) is 0. The van der Waals surface area contributed by atoms with Gasteiger partial charge in [0.15, 0.2) is 0 Å². The highest BCUT2D eigenvalue weighted by Gasteiger charge is 2.03. The number of amides is 1. The number of aromatic amines is 1. The standard InChI is InChI=1S/C10H8N3O/c11-10(14)8-3-1-2-7(4-8)9-5-12-13-6-9/h2-6H,(H2,11,14)(H,12,13). The third kappa shape index (κ3) is 1.50. The van der Waals surface area contributed by atoms with E-state index in [1.165, 1.54) is 0 Å². The fourth-order valence-corrected chi connectivity index (χ4v) is 1.19. The molecule has 0 aliphatic heterocycles. The van der Waals surface area contributed by atoms with Gasteiger partial charge < -0.3 is 5.73 Å². The zero-order chi connectivity index (χ0) is 9.97. The minimum absolute atomic E-state index is 0.448. The zero-order valence-corrected chi connectivity index (χ0v) is 7.32. The second kappa shape index (κ2) is 3.33. The van der Waals surface area contributed by atoms with E-state index in [1.54, 1.807) is 30.6 Å². The summed E-state index contributed by atoms with van der Waals surface area (Å²) in [6.07, 6.45) is 3.42. The highest BCUT2D eigenvalue weighted by Crippen LogP contribution is 2.17. The van der Waals surface area contributed by atoms with Crippen molar-refractivity contribution in [1.82, 2.24) is 10.2 Å². The van der Waals surface area contributed by atoms with E-state index in [4.69, 9.17) is 5.73 Å². The fourth-order valence-electron chi connectivity index (χ4n) is 1.19. The Morgan fingerprint density at radius 2 is 2.29 bits per heavy atom. The van der Waals surface area contributed by atoms with Crippen LogP contribution in [-0.2, 0) is 0 Å². The molecule has 0 fully saturated rings. The summed E-state index contributed by atoms with van der Waals surface area (Å²) in [5.74, 6) is -0.452. The molecule has 0 saturated heterocycles. The van der Waals surface area contributed by atoms with E-state index in [0.29, 0.717) is 5.56 Å². The van der Waals surface area contributed by atoms with Gasteiger partial charge in [0.2, 0.25) is 5.91 Å². The molecule has 0 spiro atoms. The minimum Gasteiger partial charge on any atom is -0.366 e. The SMILES string of the molecule is NC(=O)c1c[c]cc(-c2cn[nH]c2)c1. The number of carbonyl (C=O) groups excluding carboxylic acids is 1. The largest absolute Gasteiger partial charge is 0.366 e. The summed E-state index contributed by atoms with van der Waals surface area (Å²) in [6, 6.07) is 7.91. The number of nitrogens with zero attached hydrogens (tertiary/aromatic N) is 1. The molecule has 4 nitrogen and oxygen atoms in total. The number of rotatable bonds is 2. The number of primary amides is 1. The lowest BCUT2D eigenvalue weighted by molar-refractivity contribution is 0.100. The van der Waals surface area contributed by atoms with Crippen LogP contribution in [0.5, 0.6) is 0 Å². The summed E-state index contributed by atoms with van der Waals surface area (Å²) < 4.78 is 0. The van der Waals surface area contributed by atoms with Crippen LogP contribution in [-0.4, -0.2) is 16.1 Å². The number of nitrogens with one attached hydrogen (secondary N) is 1. The summed E-state index contributed by atoms with van der Waals surface area (Å²) in [5.41, 5.74) is 7.38. The van der Waals surface area contributed by atoms with E-state index >= 15 is 0 Å². The summed E-state index contributed by atoms with van der Waals surface area (Å²) >= 11 is 0. The molecule has 1 amide bonds. The monoisotopic (exact) mass is 186 g/mol. The number of carbonyl (C=O) groups is 1.